The minimum Gasteiger partial charge on any atom is -0.464 e. The van der Waals surface area contributed by atoms with Crippen LogP contribution in [-0.2, 0) is 24.7 Å². The Labute approximate surface area is 181 Å². The van der Waals surface area contributed by atoms with Gasteiger partial charge in [0.2, 0.25) is 15.9 Å². The lowest BCUT2D eigenvalue weighted by Gasteiger charge is -2.26. The van der Waals surface area contributed by atoms with Crippen molar-refractivity contribution in [1.82, 2.24) is 9.21 Å². The van der Waals surface area contributed by atoms with Crippen molar-refractivity contribution >= 4 is 36.7 Å². The van der Waals surface area contributed by atoms with E-state index < -0.39 is 19.9 Å². The van der Waals surface area contributed by atoms with Gasteiger partial charge in [-0.3, -0.25) is 4.79 Å². The third kappa shape index (κ3) is 3.92. The maximum absolute atomic E-state index is 13.1. The third-order valence-corrected chi connectivity index (χ3v) is 10.1. The van der Waals surface area contributed by atoms with Crippen LogP contribution in [-0.4, -0.2) is 69.6 Å². The van der Waals surface area contributed by atoms with E-state index in [9.17, 15) is 21.6 Å². The van der Waals surface area contributed by atoms with Crippen molar-refractivity contribution in [2.75, 3.05) is 37.7 Å². The molecule has 1 aromatic carbocycles. The SMILES string of the molecule is O=C(CC1CCS(=O)(=O)CC1)N1CC2=C(C1)CN(S(=O)(=O)c1ccc3occc3c1)C2. The van der Waals surface area contributed by atoms with Crippen LogP contribution in [0.15, 0.2) is 51.0 Å². The number of carbonyl (C=O) groups excluding carboxylic acids is 1. The number of carbonyl (C=O) groups is 1. The molecule has 0 atom stereocenters. The quantitative estimate of drug-likeness (QED) is 0.639. The molecular weight excluding hydrogens is 440 g/mol. The number of hydrogen-bond donors (Lipinski definition) is 0. The van der Waals surface area contributed by atoms with E-state index in [-0.39, 0.29) is 28.2 Å². The topological polar surface area (TPSA) is 105 Å². The predicted octanol–water partition coefficient (Wildman–Crippen LogP) is 1.79. The van der Waals surface area contributed by atoms with Crippen LogP contribution < -0.4 is 0 Å². The van der Waals surface area contributed by atoms with Gasteiger partial charge < -0.3 is 9.32 Å². The Morgan fingerprint density at radius 1 is 1.03 bits per heavy atom. The van der Waals surface area contributed by atoms with E-state index >= 15 is 0 Å². The van der Waals surface area contributed by atoms with Crippen LogP contribution in [0.5, 0.6) is 0 Å². The fraction of sp³-hybridized carbons (Fsp3) is 0.476. The average Bonchev–Trinajstić information content (AvgIpc) is 3.43. The van der Waals surface area contributed by atoms with Crippen LogP contribution in [0.4, 0.5) is 0 Å². The molecule has 1 aromatic heterocycles. The zero-order valence-electron chi connectivity index (χ0n) is 17.0. The second-order valence-corrected chi connectivity index (χ2v) is 12.9. The number of furan rings is 1. The van der Waals surface area contributed by atoms with E-state index in [1.165, 1.54) is 10.6 Å². The smallest absolute Gasteiger partial charge is 0.243 e. The standard InChI is InChI=1S/C21H24N2O6S2/c24-21(9-15-4-7-30(25,26)8-5-15)22-11-17-13-23(14-18(17)12-22)31(27,28)19-1-2-20-16(10-19)3-6-29-20/h1-3,6,10,15H,4-5,7-9,11-14H2. The minimum atomic E-state index is -3.63. The van der Waals surface area contributed by atoms with Crippen LogP contribution in [0.2, 0.25) is 0 Å². The fourth-order valence-corrected chi connectivity index (χ4v) is 7.72. The van der Waals surface area contributed by atoms with Crippen molar-refractivity contribution in [1.29, 1.82) is 0 Å². The van der Waals surface area contributed by atoms with Crippen LogP contribution in [0, 0.1) is 5.92 Å². The van der Waals surface area contributed by atoms with Crippen molar-refractivity contribution in [2.45, 2.75) is 24.2 Å². The summed E-state index contributed by atoms with van der Waals surface area (Å²) in [7, 11) is -6.57. The molecule has 166 valence electrons. The van der Waals surface area contributed by atoms with Gasteiger partial charge in [0, 0.05) is 38.0 Å². The maximum Gasteiger partial charge on any atom is 0.243 e. The van der Waals surface area contributed by atoms with Crippen molar-refractivity contribution in [2.24, 2.45) is 5.92 Å². The molecule has 1 amide bonds. The summed E-state index contributed by atoms with van der Waals surface area (Å²) in [5.41, 5.74) is 2.63. The van der Waals surface area contributed by atoms with E-state index in [4.69, 9.17) is 4.42 Å². The molecule has 1 fully saturated rings. The summed E-state index contributed by atoms with van der Waals surface area (Å²) in [4.78, 5) is 14.7. The van der Waals surface area contributed by atoms with E-state index in [0.29, 0.717) is 51.0 Å². The highest BCUT2D eigenvalue weighted by Gasteiger charge is 2.38. The Morgan fingerprint density at radius 3 is 2.39 bits per heavy atom. The van der Waals surface area contributed by atoms with E-state index in [2.05, 4.69) is 0 Å². The molecule has 4 heterocycles. The summed E-state index contributed by atoms with van der Waals surface area (Å²) in [5, 5.41) is 0.744. The van der Waals surface area contributed by atoms with Gasteiger partial charge >= 0.3 is 0 Å². The first kappa shape index (κ1) is 20.7. The minimum absolute atomic E-state index is 0.0264. The van der Waals surface area contributed by atoms with Gasteiger partial charge in [0.25, 0.3) is 0 Å². The van der Waals surface area contributed by atoms with Gasteiger partial charge in [0.15, 0.2) is 0 Å². The maximum atomic E-state index is 13.1. The number of sulfone groups is 1. The normalized spacial score (nSPS) is 22.4. The van der Waals surface area contributed by atoms with Crippen LogP contribution in [0.1, 0.15) is 19.3 Å². The van der Waals surface area contributed by atoms with Crippen molar-refractivity contribution in [3.8, 4) is 0 Å². The summed E-state index contributed by atoms with van der Waals surface area (Å²) in [6, 6.07) is 6.58. The summed E-state index contributed by atoms with van der Waals surface area (Å²) >= 11 is 0. The Balaban J connectivity index is 1.20. The Kier molecular flexibility index (Phi) is 4.98. The van der Waals surface area contributed by atoms with Crippen LogP contribution in [0.3, 0.4) is 0 Å². The van der Waals surface area contributed by atoms with E-state index in [0.717, 1.165) is 16.5 Å². The largest absolute Gasteiger partial charge is 0.464 e. The third-order valence-electron chi connectivity index (χ3n) is 6.55. The number of amides is 1. The fourth-order valence-electron chi connectivity index (χ4n) is 4.67. The number of nitrogens with zero attached hydrogens (tertiary/aromatic N) is 2. The number of sulfonamides is 1. The molecule has 0 spiro atoms. The molecule has 5 rings (SSSR count). The molecule has 0 aliphatic carbocycles. The molecule has 10 heteroatoms. The van der Waals surface area contributed by atoms with Crippen molar-refractivity contribution in [3.63, 3.8) is 0 Å². The number of hydrogen-bond acceptors (Lipinski definition) is 6. The lowest BCUT2D eigenvalue weighted by atomic mass is 9.98. The van der Waals surface area contributed by atoms with Crippen LogP contribution >= 0.6 is 0 Å². The summed E-state index contributed by atoms with van der Waals surface area (Å²) in [6.07, 6.45) is 2.98. The second-order valence-electron chi connectivity index (χ2n) is 8.65. The molecule has 0 unspecified atom stereocenters. The zero-order valence-corrected chi connectivity index (χ0v) is 18.6. The van der Waals surface area contributed by atoms with Gasteiger partial charge in [-0.25, -0.2) is 16.8 Å². The first-order valence-electron chi connectivity index (χ1n) is 10.4. The number of fused-ring (bicyclic) bond motifs is 1. The monoisotopic (exact) mass is 464 g/mol. The Morgan fingerprint density at radius 2 is 1.71 bits per heavy atom. The molecule has 8 nitrogen and oxygen atoms in total. The Hall–Kier alpha value is -2.17. The van der Waals surface area contributed by atoms with Crippen LogP contribution in [0.25, 0.3) is 11.0 Å². The van der Waals surface area contributed by atoms with Crippen molar-refractivity contribution < 1.29 is 26.0 Å². The second kappa shape index (κ2) is 7.46. The highest BCUT2D eigenvalue weighted by molar-refractivity contribution is 7.91. The molecule has 2 aromatic rings. The average molecular weight is 465 g/mol. The lowest BCUT2D eigenvalue weighted by molar-refractivity contribution is -0.131. The van der Waals surface area contributed by atoms with Gasteiger partial charge in [-0.1, -0.05) is 0 Å². The molecule has 31 heavy (non-hydrogen) atoms. The molecule has 3 aliphatic rings. The molecule has 0 radical (unpaired) electrons. The molecule has 0 bridgehead atoms. The highest BCUT2D eigenvalue weighted by Crippen LogP contribution is 2.32. The summed E-state index contributed by atoms with van der Waals surface area (Å²) in [5.74, 6) is 0.466. The molecule has 0 saturated carbocycles. The predicted molar refractivity (Wildman–Crippen MR) is 115 cm³/mol. The molecule has 3 aliphatic heterocycles. The first-order valence-corrected chi connectivity index (χ1v) is 13.6. The summed E-state index contributed by atoms with van der Waals surface area (Å²) < 4.78 is 56.1. The van der Waals surface area contributed by atoms with E-state index in [1.54, 1.807) is 29.2 Å². The van der Waals surface area contributed by atoms with Gasteiger partial charge in [-0.2, -0.15) is 4.31 Å². The lowest BCUT2D eigenvalue weighted by Crippen LogP contribution is -2.37. The summed E-state index contributed by atoms with van der Waals surface area (Å²) in [6.45, 7) is 1.50. The van der Waals surface area contributed by atoms with E-state index in [1.807, 2.05) is 0 Å². The highest BCUT2D eigenvalue weighted by atomic mass is 32.2. The first-order chi connectivity index (χ1) is 14.7. The molecule has 0 N–H and O–H groups in total. The van der Waals surface area contributed by atoms with Gasteiger partial charge in [-0.05, 0) is 54.2 Å². The molecular formula is C21H24N2O6S2. The Bertz CT molecular complexity index is 1260. The van der Waals surface area contributed by atoms with Gasteiger partial charge in [-0.15, -0.1) is 0 Å². The van der Waals surface area contributed by atoms with Crippen molar-refractivity contribution in [3.05, 3.63) is 41.7 Å². The van der Waals surface area contributed by atoms with Gasteiger partial charge in [0.1, 0.15) is 15.4 Å². The van der Waals surface area contributed by atoms with Gasteiger partial charge in [0.05, 0.1) is 22.7 Å². The molecule has 1 saturated heterocycles. The zero-order chi connectivity index (χ0) is 21.8. The number of rotatable bonds is 4. The number of benzene rings is 1.